The van der Waals surface area contributed by atoms with Gasteiger partial charge in [-0.2, -0.15) is 0 Å². The Hall–Kier alpha value is -1.97. The van der Waals surface area contributed by atoms with E-state index in [9.17, 15) is 18.0 Å². The first kappa shape index (κ1) is 18.8. The topological polar surface area (TPSA) is 98.8 Å². The summed E-state index contributed by atoms with van der Waals surface area (Å²) in [5, 5.41) is 6.11. The predicted molar refractivity (Wildman–Crippen MR) is 96.6 cm³/mol. The molecule has 2 N–H and O–H groups in total. The summed E-state index contributed by atoms with van der Waals surface area (Å²) in [6.07, 6.45) is 0.830. The summed E-state index contributed by atoms with van der Waals surface area (Å²) in [5.41, 5.74) is 0.377. The first-order valence-corrected chi connectivity index (χ1v) is 10.3. The van der Waals surface area contributed by atoms with Gasteiger partial charge in [-0.05, 0) is 38.1 Å². The van der Waals surface area contributed by atoms with Crippen molar-refractivity contribution in [3.8, 4) is 0 Å². The summed E-state index contributed by atoms with van der Waals surface area (Å²) in [6, 6.07) is 4.21. The molecule has 0 radical (unpaired) electrons. The fraction of sp³-hybridized carbons (Fsp3) is 0.529. The average molecular weight is 380 g/mol. The van der Waals surface area contributed by atoms with Crippen LogP contribution in [0.5, 0.6) is 0 Å². The van der Waals surface area contributed by atoms with E-state index in [-0.39, 0.29) is 28.5 Å². The van der Waals surface area contributed by atoms with E-state index in [1.807, 2.05) is 0 Å². The largest absolute Gasteiger partial charge is 0.352 e. The van der Waals surface area contributed by atoms with Gasteiger partial charge in [0, 0.05) is 44.8 Å². The van der Waals surface area contributed by atoms with Gasteiger partial charge in [0.15, 0.2) is 0 Å². The molecule has 142 valence electrons. The number of benzene rings is 1. The zero-order chi connectivity index (χ0) is 18.7. The highest BCUT2D eigenvalue weighted by Crippen LogP contribution is 2.30. The van der Waals surface area contributed by atoms with Gasteiger partial charge in [0.1, 0.15) is 4.90 Å². The van der Waals surface area contributed by atoms with Crippen LogP contribution in [0.3, 0.4) is 0 Å². The second-order valence-electron chi connectivity index (χ2n) is 6.39. The quantitative estimate of drug-likeness (QED) is 0.668. The molecule has 0 aromatic heterocycles. The monoisotopic (exact) mass is 380 g/mol. The van der Waals surface area contributed by atoms with Gasteiger partial charge >= 0.3 is 0 Å². The van der Waals surface area contributed by atoms with E-state index in [0.29, 0.717) is 6.54 Å². The lowest BCUT2D eigenvalue weighted by molar-refractivity contribution is 0.0874. The van der Waals surface area contributed by atoms with Crippen LogP contribution in [0.15, 0.2) is 23.1 Å². The van der Waals surface area contributed by atoms with Crippen molar-refractivity contribution in [2.45, 2.75) is 18.2 Å². The lowest BCUT2D eigenvalue weighted by Crippen LogP contribution is -2.44. The van der Waals surface area contributed by atoms with Gasteiger partial charge in [0.05, 0.1) is 5.56 Å². The summed E-state index contributed by atoms with van der Waals surface area (Å²) in [4.78, 5) is 26.7. The molecule has 0 atom stereocenters. The van der Waals surface area contributed by atoms with Crippen molar-refractivity contribution in [2.75, 3.05) is 45.8 Å². The lowest BCUT2D eigenvalue weighted by atomic mass is 10.1. The summed E-state index contributed by atoms with van der Waals surface area (Å²) >= 11 is 0. The highest BCUT2D eigenvalue weighted by molar-refractivity contribution is 7.90. The van der Waals surface area contributed by atoms with Crippen molar-refractivity contribution in [3.05, 3.63) is 29.3 Å². The first-order chi connectivity index (χ1) is 12.4. The smallest absolute Gasteiger partial charge is 0.268 e. The minimum atomic E-state index is -3.85. The maximum atomic E-state index is 12.4. The van der Waals surface area contributed by atoms with E-state index < -0.39 is 15.9 Å². The zero-order valence-corrected chi connectivity index (χ0v) is 15.6. The minimum absolute atomic E-state index is 0.0728. The molecule has 1 saturated heterocycles. The first-order valence-electron chi connectivity index (χ1n) is 8.87. The normalized spacial score (nSPS) is 19.4. The summed E-state index contributed by atoms with van der Waals surface area (Å²) in [5.74, 6) is -0.865. The van der Waals surface area contributed by atoms with Crippen LogP contribution in [0.25, 0.3) is 0 Å². The second kappa shape index (κ2) is 7.73. The Labute approximate surface area is 153 Å². The van der Waals surface area contributed by atoms with Crippen LogP contribution >= 0.6 is 0 Å². The number of nitrogens with zero attached hydrogens (tertiary/aromatic N) is 2. The Morgan fingerprint density at radius 1 is 1.27 bits per heavy atom. The number of hydrogen-bond acceptors (Lipinski definition) is 6. The minimum Gasteiger partial charge on any atom is -0.352 e. The molecule has 9 heteroatoms. The molecule has 0 saturated carbocycles. The van der Waals surface area contributed by atoms with E-state index in [4.69, 9.17) is 0 Å². The number of sulfonamides is 1. The van der Waals surface area contributed by atoms with Gasteiger partial charge < -0.3 is 15.5 Å². The maximum absolute atomic E-state index is 12.4. The van der Waals surface area contributed by atoms with Crippen LogP contribution in [0.1, 0.15) is 34.1 Å². The standard InChI is InChI=1S/C17H24N4O4S/c1-2-21-17(23)14-5-4-13(12-15(14)26(21,24)25)16(22)19-6-3-9-20-10-7-18-8-11-20/h4-5,12,18H,2-3,6-11H2,1H3,(H,19,22). The van der Waals surface area contributed by atoms with Crippen molar-refractivity contribution in [3.63, 3.8) is 0 Å². The fourth-order valence-corrected chi connectivity index (χ4v) is 4.87. The van der Waals surface area contributed by atoms with Crippen LogP contribution in [0.2, 0.25) is 0 Å². The molecule has 2 aliphatic rings. The SMILES string of the molecule is CCN1C(=O)c2ccc(C(=O)NCCCN3CCNCC3)cc2S1(=O)=O. The highest BCUT2D eigenvalue weighted by atomic mass is 32.2. The number of nitrogens with one attached hydrogen (secondary N) is 2. The van der Waals surface area contributed by atoms with Crippen molar-refractivity contribution < 1.29 is 18.0 Å². The molecule has 8 nitrogen and oxygen atoms in total. The maximum Gasteiger partial charge on any atom is 0.268 e. The molecular formula is C17H24N4O4S. The predicted octanol–water partition coefficient (Wildman–Crippen LogP) is -0.124. The number of fused-ring (bicyclic) bond motifs is 1. The average Bonchev–Trinajstić information content (AvgIpc) is 2.84. The highest BCUT2D eigenvalue weighted by Gasteiger charge is 2.40. The van der Waals surface area contributed by atoms with Crippen molar-refractivity contribution in [2.24, 2.45) is 0 Å². The molecule has 1 aromatic rings. The molecule has 1 aromatic carbocycles. The molecule has 0 spiro atoms. The molecule has 0 aliphatic carbocycles. The van der Waals surface area contributed by atoms with Crippen LogP contribution in [0.4, 0.5) is 0 Å². The number of piperazine rings is 1. The van der Waals surface area contributed by atoms with E-state index in [1.165, 1.54) is 18.2 Å². The molecule has 2 amide bonds. The number of rotatable bonds is 6. The fourth-order valence-electron chi connectivity index (χ4n) is 3.27. The third-order valence-corrected chi connectivity index (χ3v) is 6.60. The summed E-state index contributed by atoms with van der Waals surface area (Å²) < 4.78 is 25.6. The van der Waals surface area contributed by atoms with Gasteiger partial charge in [-0.1, -0.05) is 0 Å². The van der Waals surface area contributed by atoms with E-state index in [0.717, 1.165) is 43.4 Å². The van der Waals surface area contributed by atoms with E-state index >= 15 is 0 Å². The van der Waals surface area contributed by atoms with Crippen molar-refractivity contribution >= 4 is 21.8 Å². The van der Waals surface area contributed by atoms with Crippen LogP contribution in [0, 0.1) is 0 Å². The molecule has 3 rings (SSSR count). The number of amides is 2. The summed E-state index contributed by atoms with van der Waals surface area (Å²) in [6.45, 7) is 7.12. The third-order valence-electron chi connectivity index (χ3n) is 4.70. The molecule has 0 unspecified atom stereocenters. The summed E-state index contributed by atoms with van der Waals surface area (Å²) in [7, 11) is -3.85. The molecular weight excluding hydrogens is 356 g/mol. The Morgan fingerprint density at radius 2 is 2.00 bits per heavy atom. The molecule has 1 fully saturated rings. The van der Waals surface area contributed by atoms with Gasteiger partial charge in [0.2, 0.25) is 0 Å². The van der Waals surface area contributed by atoms with Gasteiger partial charge in [-0.15, -0.1) is 0 Å². The molecule has 2 aliphatic heterocycles. The number of carbonyl (C=O) groups is 2. The molecule has 2 heterocycles. The Bertz CT molecular complexity index is 803. The van der Waals surface area contributed by atoms with E-state index in [2.05, 4.69) is 15.5 Å². The Kier molecular flexibility index (Phi) is 5.59. The zero-order valence-electron chi connectivity index (χ0n) is 14.8. The number of carbonyl (C=O) groups excluding carboxylic acids is 2. The Balaban J connectivity index is 1.60. The third kappa shape index (κ3) is 3.60. The molecule has 0 bridgehead atoms. The van der Waals surface area contributed by atoms with E-state index in [1.54, 1.807) is 6.92 Å². The van der Waals surface area contributed by atoms with Gasteiger partial charge in [0.25, 0.3) is 21.8 Å². The second-order valence-corrected chi connectivity index (χ2v) is 8.22. The van der Waals surface area contributed by atoms with Crippen molar-refractivity contribution in [1.82, 2.24) is 19.8 Å². The van der Waals surface area contributed by atoms with Gasteiger partial charge in [-0.25, -0.2) is 12.7 Å². The molecule has 26 heavy (non-hydrogen) atoms. The van der Waals surface area contributed by atoms with Gasteiger partial charge in [-0.3, -0.25) is 9.59 Å². The van der Waals surface area contributed by atoms with Crippen molar-refractivity contribution in [1.29, 1.82) is 0 Å². The lowest BCUT2D eigenvalue weighted by Gasteiger charge is -2.27. The van der Waals surface area contributed by atoms with Crippen LogP contribution < -0.4 is 10.6 Å². The van der Waals surface area contributed by atoms with Crippen LogP contribution in [-0.4, -0.2) is 75.3 Å². The Morgan fingerprint density at radius 3 is 2.69 bits per heavy atom. The number of hydrogen-bond donors (Lipinski definition) is 2. The van der Waals surface area contributed by atoms with Crippen LogP contribution in [-0.2, 0) is 10.0 Å².